The maximum Gasteiger partial charge on any atom is 0.266 e. The van der Waals surface area contributed by atoms with E-state index in [1.165, 1.54) is 18.2 Å². The summed E-state index contributed by atoms with van der Waals surface area (Å²) in [6, 6.07) is 12.8. The minimum Gasteiger partial charge on any atom is -0.494 e. The SMILES string of the molecule is CCOc1ccc(N2C(=O)c3ccc(C(=O)Nc4cc(F)c(N5CCCC5)c(F)c4)cc3C2=O)cc1. The highest BCUT2D eigenvalue weighted by molar-refractivity contribution is 6.34. The van der Waals surface area contributed by atoms with E-state index in [0.717, 1.165) is 29.9 Å². The van der Waals surface area contributed by atoms with Gasteiger partial charge in [0.2, 0.25) is 0 Å². The molecule has 184 valence electrons. The van der Waals surface area contributed by atoms with Gasteiger partial charge >= 0.3 is 0 Å². The van der Waals surface area contributed by atoms with Crippen LogP contribution >= 0.6 is 0 Å². The average Bonchev–Trinajstić information content (AvgIpc) is 3.46. The molecule has 0 bridgehead atoms. The number of amides is 3. The molecule has 0 aliphatic carbocycles. The zero-order chi connectivity index (χ0) is 25.4. The van der Waals surface area contributed by atoms with Gasteiger partial charge in [-0.3, -0.25) is 14.4 Å². The number of imide groups is 1. The van der Waals surface area contributed by atoms with E-state index in [2.05, 4.69) is 5.32 Å². The summed E-state index contributed by atoms with van der Waals surface area (Å²) in [6.45, 7) is 3.49. The predicted octanol–water partition coefficient (Wildman–Crippen LogP) is 5.02. The molecule has 1 saturated heterocycles. The predicted molar refractivity (Wildman–Crippen MR) is 131 cm³/mol. The number of carbonyl (C=O) groups excluding carboxylic acids is 3. The Balaban J connectivity index is 1.36. The molecule has 0 unspecified atom stereocenters. The fourth-order valence-electron chi connectivity index (χ4n) is 4.56. The Morgan fingerprint density at radius 3 is 2.19 bits per heavy atom. The van der Waals surface area contributed by atoms with E-state index in [1.807, 2.05) is 6.92 Å². The van der Waals surface area contributed by atoms with E-state index in [-0.39, 0.29) is 28.1 Å². The van der Waals surface area contributed by atoms with Crippen molar-refractivity contribution in [2.45, 2.75) is 19.8 Å². The highest BCUT2D eigenvalue weighted by Crippen LogP contribution is 2.32. The van der Waals surface area contributed by atoms with Gasteiger partial charge in [0.05, 0.1) is 23.4 Å². The molecule has 1 fully saturated rings. The molecule has 0 spiro atoms. The molecule has 1 N–H and O–H groups in total. The van der Waals surface area contributed by atoms with E-state index in [1.54, 1.807) is 29.2 Å². The van der Waals surface area contributed by atoms with Gasteiger partial charge < -0.3 is 15.0 Å². The number of nitrogens with zero attached hydrogens (tertiary/aromatic N) is 2. The minimum absolute atomic E-state index is 0.0446. The number of anilines is 3. The first kappa shape index (κ1) is 23.5. The van der Waals surface area contributed by atoms with Crippen LogP contribution in [-0.2, 0) is 0 Å². The number of benzene rings is 3. The Bertz CT molecular complexity index is 1340. The van der Waals surface area contributed by atoms with Crippen LogP contribution in [0.1, 0.15) is 50.8 Å². The maximum absolute atomic E-state index is 14.6. The third-order valence-corrected chi connectivity index (χ3v) is 6.25. The van der Waals surface area contributed by atoms with E-state index in [4.69, 9.17) is 4.74 Å². The van der Waals surface area contributed by atoms with Crippen molar-refractivity contribution in [2.75, 3.05) is 34.8 Å². The van der Waals surface area contributed by atoms with E-state index in [9.17, 15) is 23.2 Å². The monoisotopic (exact) mass is 491 g/mol. The topological polar surface area (TPSA) is 79.0 Å². The van der Waals surface area contributed by atoms with Crippen molar-refractivity contribution in [3.63, 3.8) is 0 Å². The first-order valence-electron chi connectivity index (χ1n) is 11.7. The lowest BCUT2D eigenvalue weighted by molar-refractivity contribution is 0.0925. The van der Waals surface area contributed by atoms with E-state index < -0.39 is 29.4 Å². The molecule has 3 aromatic rings. The molecule has 7 nitrogen and oxygen atoms in total. The third-order valence-electron chi connectivity index (χ3n) is 6.25. The first-order chi connectivity index (χ1) is 17.4. The van der Waals surface area contributed by atoms with E-state index in [0.29, 0.717) is 31.1 Å². The van der Waals surface area contributed by atoms with Crippen LogP contribution < -0.4 is 19.9 Å². The number of halogens is 2. The zero-order valence-electron chi connectivity index (χ0n) is 19.5. The van der Waals surface area contributed by atoms with Gasteiger partial charge in [0, 0.05) is 24.3 Å². The first-order valence-corrected chi connectivity index (χ1v) is 11.7. The van der Waals surface area contributed by atoms with Crippen LogP contribution in [0.4, 0.5) is 25.8 Å². The number of ether oxygens (including phenoxy) is 1. The van der Waals surface area contributed by atoms with Gasteiger partial charge in [-0.2, -0.15) is 0 Å². The van der Waals surface area contributed by atoms with Crippen molar-refractivity contribution >= 4 is 34.8 Å². The van der Waals surface area contributed by atoms with Gasteiger partial charge in [0.25, 0.3) is 17.7 Å². The molecule has 3 amide bonds. The van der Waals surface area contributed by atoms with Gasteiger partial charge in [-0.25, -0.2) is 13.7 Å². The average molecular weight is 491 g/mol. The summed E-state index contributed by atoms with van der Waals surface area (Å²) in [5.74, 6) is -2.64. The molecular formula is C27H23F2N3O4. The van der Waals surface area contributed by atoms with Crippen LogP contribution in [0.5, 0.6) is 5.75 Å². The number of nitrogens with one attached hydrogen (secondary N) is 1. The lowest BCUT2D eigenvalue weighted by Crippen LogP contribution is -2.29. The molecule has 0 atom stereocenters. The van der Waals surface area contributed by atoms with Crippen molar-refractivity contribution < 1.29 is 27.9 Å². The van der Waals surface area contributed by atoms with Crippen molar-refractivity contribution in [3.8, 4) is 5.75 Å². The quantitative estimate of drug-likeness (QED) is 0.490. The summed E-state index contributed by atoms with van der Waals surface area (Å²) in [7, 11) is 0. The van der Waals surface area contributed by atoms with Gasteiger partial charge in [-0.05, 0) is 74.4 Å². The molecule has 2 aliphatic heterocycles. The molecule has 2 heterocycles. The number of hydrogen-bond donors (Lipinski definition) is 1. The molecule has 3 aromatic carbocycles. The maximum atomic E-state index is 14.6. The van der Waals surface area contributed by atoms with Crippen LogP contribution in [0.3, 0.4) is 0 Å². The second-order valence-electron chi connectivity index (χ2n) is 8.57. The summed E-state index contributed by atoms with van der Waals surface area (Å²) in [4.78, 5) is 41.4. The number of fused-ring (bicyclic) bond motifs is 1. The second kappa shape index (κ2) is 9.41. The highest BCUT2D eigenvalue weighted by Gasteiger charge is 2.37. The van der Waals surface area contributed by atoms with Crippen molar-refractivity contribution in [2.24, 2.45) is 0 Å². The van der Waals surface area contributed by atoms with Crippen LogP contribution in [0, 0.1) is 11.6 Å². The van der Waals surface area contributed by atoms with Crippen LogP contribution in [0.2, 0.25) is 0 Å². The van der Waals surface area contributed by atoms with Gasteiger partial charge in [0.1, 0.15) is 11.4 Å². The Morgan fingerprint density at radius 2 is 1.56 bits per heavy atom. The summed E-state index contributed by atoms with van der Waals surface area (Å²) < 4.78 is 34.7. The Hall–Kier alpha value is -4.27. The van der Waals surface area contributed by atoms with Gasteiger partial charge in [-0.15, -0.1) is 0 Å². The molecule has 5 rings (SSSR count). The Morgan fingerprint density at radius 1 is 0.917 bits per heavy atom. The molecule has 36 heavy (non-hydrogen) atoms. The van der Waals surface area contributed by atoms with Crippen LogP contribution in [0.25, 0.3) is 0 Å². The minimum atomic E-state index is -0.757. The summed E-state index contributed by atoms with van der Waals surface area (Å²) in [6.07, 6.45) is 1.74. The lowest BCUT2D eigenvalue weighted by atomic mass is 10.1. The van der Waals surface area contributed by atoms with E-state index >= 15 is 0 Å². The summed E-state index contributed by atoms with van der Waals surface area (Å²) in [5.41, 5.74) is 0.548. The van der Waals surface area contributed by atoms with Crippen molar-refractivity contribution in [1.29, 1.82) is 0 Å². The fourth-order valence-corrected chi connectivity index (χ4v) is 4.56. The molecule has 0 aromatic heterocycles. The van der Waals surface area contributed by atoms with Gasteiger partial charge in [0.15, 0.2) is 11.6 Å². The smallest absolute Gasteiger partial charge is 0.266 e. The molecular weight excluding hydrogens is 468 g/mol. The van der Waals surface area contributed by atoms with Crippen molar-refractivity contribution in [3.05, 3.63) is 82.9 Å². The van der Waals surface area contributed by atoms with Crippen molar-refractivity contribution in [1.82, 2.24) is 0 Å². The fraction of sp³-hybridized carbons (Fsp3) is 0.222. The molecule has 9 heteroatoms. The Kier molecular flexibility index (Phi) is 6.13. The number of carbonyl (C=O) groups is 3. The molecule has 0 radical (unpaired) electrons. The highest BCUT2D eigenvalue weighted by atomic mass is 19.1. The second-order valence-corrected chi connectivity index (χ2v) is 8.57. The standard InChI is InChI=1S/C27H23F2N3O4/c1-2-36-19-8-6-18(7-9-19)32-26(34)20-10-5-16(13-21(20)27(32)35)25(33)30-17-14-22(28)24(23(29)15-17)31-11-3-4-12-31/h5-10,13-15H,2-4,11-12H2,1H3,(H,30,33). The summed E-state index contributed by atoms with van der Waals surface area (Å²) in [5, 5.41) is 2.47. The number of rotatable bonds is 6. The normalized spacial score (nSPS) is 14.9. The molecule has 2 aliphatic rings. The number of hydrogen-bond acceptors (Lipinski definition) is 5. The van der Waals surface area contributed by atoms with Gasteiger partial charge in [-0.1, -0.05) is 0 Å². The third kappa shape index (κ3) is 4.17. The molecule has 0 saturated carbocycles. The van der Waals surface area contributed by atoms with Crippen LogP contribution in [-0.4, -0.2) is 37.4 Å². The largest absolute Gasteiger partial charge is 0.494 e. The van der Waals surface area contributed by atoms with Crippen LogP contribution in [0.15, 0.2) is 54.6 Å². The Labute approximate surface area is 206 Å². The summed E-state index contributed by atoms with van der Waals surface area (Å²) >= 11 is 0. The lowest BCUT2D eigenvalue weighted by Gasteiger charge is -2.19. The zero-order valence-corrected chi connectivity index (χ0v) is 19.5.